The molecule has 2 aromatic rings. The molecule has 0 saturated heterocycles. The lowest BCUT2D eigenvalue weighted by Crippen LogP contribution is -2.40. The number of hydrogen-bond acceptors (Lipinski definition) is 4. The Morgan fingerprint density at radius 3 is 2.19 bits per heavy atom. The van der Waals surface area contributed by atoms with Crippen LogP contribution in [-0.4, -0.2) is 25.5 Å². The maximum absolute atomic E-state index is 12.1. The highest BCUT2D eigenvalue weighted by Crippen LogP contribution is 2.13. The fraction of sp³-hybridized carbons (Fsp3) is 0.238. The number of hydrazine groups is 1. The zero-order valence-electron chi connectivity index (χ0n) is 15.7. The Hall–Kier alpha value is -3.28. The van der Waals surface area contributed by atoms with Crippen molar-refractivity contribution in [2.24, 2.45) is 5.92 Å². The molecular weight excluding hydrogens is 344 g/mol. The highest BCUT2D eigenvalue weighted by Gasteiger charge is 2.06. The lowest BCUT2D eigenvalue weighted by Gasteiger charge is -2.09. The topological polar surface area (TPSA) is 76.7 Å². The third kappa shape index (κ3) is 6.86. The molecule has 2 N–H and O–H groups in total. The van der Waals surface area contributed by atoms with Gasteiger partial charge in [-0.2, -0.15) is 0 Å². The van der Waals surface area contributed by atoms with E-state index < -0.39 is 11.8 Å². The average molecular weight is 368 g/mol. The molecule has 0 radical (unpaired) electrons. The molecular formula is C21H24N2O4. The number of nitrogens with one attached hydrogen (secondary N) is 2. The van der Waals surface area contributed by atoms with Gasteiger partial charge < -0.3 is 9.47 Å². The SMILES string of the molecule is COc1ccc(C=CC(=O)NNC(=O)c2ccc(OCC(C)C)cc2)cc1. The summed E-state index contributed by atoms with van der Waals surface area (Å²) in [5.41, 5.74) is 5.98. The van der Waals surface area contributed by atoms with Crippen LogP contribution in [0.15, 0.2) is 54.6 Å². The Morgan fingerprint density at radius 2 is 1.59 bits per heavy atom. The van der Waals surface area contributed by atoms with Gasteiger partial charge in [-0.25, -0.2) is 0 Å². The zero-order chi connectivity index (χ0) is 19.6. The average Bonchev–Trinajstić information content (AvgIpc) is 2.69. The Labute approximate surface area is 159 Å². The summed E-state index contributed by atoms with van der Waals surface area (Å²) in [6.07, 6.45) is 2.98. The van der Waals surface area contributed by atoms with E-state index in [0.29, 0.717) is 23.8 Å². The number of amides is 2. The molecule has 0 spiro atoms. The maximum atomic E-state index is 12.1. The number of benzene rings is 2. The molecule has 0 aliphatic carbocycles. The fourth-order valence-corrected chi connectivity index (χ4v) is 2.08. The van der Waals surface area contributed by atoms with Crippen LogP contribution >= 0.6 is 0 Å². The largest absolute Gasteiger partial charge is 0.497 e. The summed E-state index contributed by atoms with van der Waals surface area (Å²) in [4.78, 5) is 23.9. The van der Waals surface area contributed by atoms with Crippen molar-refractivity contribution in [3.05, 3.63) is 65.7 Å². The van der Waals surface area contributed by atoms with Crippen molar-refractivity contribution in [2.75, 3.05) is 13.7 Å². The minimum atomic E-state index is -0.434. The van der Waals surface area contributed by atoms with Crippen LogP contribution in [0.5, 0.6) is 11.5 Å². The van der Waals surface area contributed by atoms with Gasteiger partial charge in [0.2, 0.25) is 0 Å². The van der Waals surface area contributed by atoms with Gasteiger partial charge in [0, 0.05) is 11.6 Å². The summed E-state index contributed by atoms with van der Waals surface area (Å²) in [5.74, 6) is 1.03. The standard InChI is InChI=1S/C21H24N2O4/c1-15(2)14-27-19-11-7-17(8-12-19)21(25)23-22-20(24)13-6-16-4-9-18(26-3)10-5-16/h4-13,15H,14H2,1-3H3,(H,22,24)(H,23,25). The Bertz CT molecular complexity index is 781. The van der Waals surface area contributed by atoms with Gasteiger partial charge in [-0.3, -0.25) is 20.4 Å². The van der Waals surface area contributed by atoms with Crippen molar-refractivity contribution >= 4 is 17.9 Å². The molecule has 0 bridgehead atoms. The van der Waals surface area contributed by atoms with Crippen LogP contribution < -0.4 is 20.3 Å². The number of methoxy groups -OCH3 is 1. The van der Waals surface area contributed by atoms with Crippen LogP contribution in [0, 0.1) is 5.92 Å². The minimum absolute atomic E-state index is 0.406. The van der Waals surface area contributed by atoms with Crippen LogP contribution in [0.4, 0.5) is 0 Å². The van der Waals surface area contributed by atoms with Gasteiger partial charge in [0.1, 0.15) is 11.5 Å². The third-order valence-corrected chi connectivity index (χ3v) is 3.54. The summed E-state index contributed by atoms with van der Waals surface area (Å²) in [6.45, 7) is 4.74. The van der Waals surface area contributed by atoms with Gasteiger partial charge in [0.25, 0.3) is 11.8 Å². The number of ether oxygens (including phenoxy) is 2. The monoisotopic (exact) mass is 368 g/mol. The molecule has 0 unspecified atom stereocenters. The predicted molar refractivity (Wildman–Crippen MR) is 104 cm³/mol. The minimum Gasteiger partial charge on any atom is -0.497 e. The van der Waals surface area contributed by atoms with Crippen LogP contribution in [0.2, 0.25) is 0 Å². The predicted octanol–water partition coefficient (Wildman–Crippen LogP) is 3.20. The first-order valence-electron chi connectivity index (χ1n) is 8.63. The normalized spacial score (nSPS) is 10.7. The van der Waals surface area contributed by atoms with Gasteiger partial charge >= 0.3 is 0 Å². The smallest absolute Gasteiger partial charge is 0.269 e. The van der Waals surface area contributed by atoms with E-state index >= 15 is 0 Å². The van der Waals surface area contributed by atoms with E-state index in [1.165, 1.54) is 6.08 Å². The summed E-state index contributed by atoms with van der Waals surface area (Å²) in [7, 11) is 1.59. The first-order chi connectivity index (χ1) is 13.0. The van der Waals surface area contributed by atoms with Crippen LogP contribution in [-0.2, 0) is 4.79 Å². The van der Waals surface area contributed by atoms with Crippen molar-refractivity contribution in [2.45, 2.75) is 13.8 Å². The molecule has 0 saturated carbocycles. The second-order valence-corrected chi connectivity index (χ2v) is 6.28. The van der Waals surface area contributed by atoms with E-state index in [9.17, 15) is 9.59 Å². The van der Waals surface area contributed by atoms with Gasteiger partial charge in [0.05, 0.1) is 13.7 Å². The number of rotatable bonds is 7. The molecule has 2 amide bonds. The van der Waals surface area contributed by atoms with Crippen molar-refractivity contribution in [3.63, 3.8) is 0 Å². The molecule has 0 fully saturated rings. The quantitative estimate of drug-likeness (QED) is 0.581. The number of carbonyl (C=O) groups is 2. The van der Waals surface area contributed by atoms with Crippen molar-refractivity contribution < 1.29 is 19.1 Å². The van der Waals surface area contributed by atoms with E-state index in [1.807, 2.05) is 12.1 Å². The van der Waals surface area contributed by atoms with Gasteiger partial charge in [0.15, 0.2) is 0 Å². The Morgan fingerprint density at radius 1 is 0.963 bits per heavy atom. The van der Waals surface area contributed by atoms with Gasteiger partial charge in [-0.05, 0) is 54.0 Å². The van der Waals surface area contributed by atoms with Crippen LogP contribution in [0.3, 0.4) is 0 Å². The van der Waals surface area contributed by atoms with Crippen molar-refractivity contribution in [3.8, 4) is 11.5 Å². The first-order valence-corrected chi connectivity index (χ1v) is 8.63. The van der Waals surface area contributed by atoms with Crippen molar-refractivity contribution in [1.82, 2.24) is 10.9 Å². The summed E-state index contributed by atoms with van der Waals surface area (Å²) < 4.78 is 10.6. The van der Waals surface area contributed by atoms with E-state index in [0.717, 1.165) is 11.3 Å². The molecule has 2 aromatic carbocycles. The van der Waals surface area contributed by atoms with Crippen LogP contribution in [0.1, 0.15) is 29.8 Å². The van der Waals surface area contributed by atoms with E-state index in [4.69, 9.17) is 9.47 Å². The first kappa shape index (κ1) is 20.0. The van der Waals surface area contributed by atoms with E-state index in [2.05, 4.69) is 24.7 Å². The zero-order valence-corrected chi connectivity index (χ0v) is 15.7. The fourth-order valence-electron chi connectivity index (χ4n) is 2.08. The highest BCUT2D eigenvalue weighted by molar-refractivity contribution is 5.97. The molecule has 0 aliphatic heterocycles. The number of carbonyl (C=O) groups excluding carboxylic acids is 2. The lowest BCUT2D eigenvalue weighted by atomic mass is 10.2. The second kappa shape index (κ2) is 10.0. The highest BCUT2D eigenvalue weighted by atomic mass is 16.5. The van der Waals surface area contributed by atoms with Crippen molar-refractivity contribution in [1.29, 1.82) is 0 Å². The third-order valence-electron chi connectivity index (χ3n) is 3.54. The maximum Gasteiger partial charge on any atom is 0.269 e. The van der Waals surface area contributed by atoms with E-state index in [1.54, 1.807) is 49.6 Å². The molecule has 0 atom stereocenters. The molecule has 6 heteroatoms. The summed E-state index contributed by atoms with van der Waals surface area (Å²) in [5, 5.41) is 0. The number of hydrogen-bond donors (Lipinski definition) is 2. The second-order valence-electron chi connectivity index (χ2n) is 6.28. The molecule has 0 aliphatic rings. The van der Waals surface area contributed by atoms with E-state index in [-0.39, 0.29) is 0 Å². The van der Waals surface area contributed by atoms with Crippen LogP contribution in [0.25, 0.3) is 6.08 Å². The Kier molecular flexibility index (Phi) is 7.43. The lowest BCUT2D eigenvalue weighted by molar-refractivity contribution is -0.117. The molecule has 142 valence electrons. The van der Waals surface area contributed by atoms with Gasteiger partial charge in [-0.15, -0.1) is 0 Å². The Balaban J connectivity index is 1.81. The molecule has 27 heavy (non-hydrogen) atoms. The molecule has 2 rings (SSSR count). The summed E-state index contributed by atoms with van der Waals surface area (Å²) >= 11 is 0. The summed E-state index contributed by atoms with van der Waals surface area (Å²) in [6, 6.07) is 14.0. The molecule has 0 aromatic heterocycles. The molecule has 0 heterocycles. The molecule has 6 nitrogen and oxygen atoms in total. The van der Waals surface area contributed by atoms with Gasteiger partial charge in [-0.1, -0.05) is 26.0 Å².